The number of methoxy groups -OCH3 is 1. The average molecular weight is 210 g/mol. The number of ketones is 1. The second-order valence-electron chi connectivity index (χ2n) is 4.01. The Balaban J connectivity index is 1.92. The van der Waals surface area contributed by atoms with Crippen molar-refractivity contribution >= 4 is 5.78 Å². The van der Waals surface area contributed by atoms with Gasteiger partial charge in [0.1, 0.15) is 6.61 Å². The first-order valence-corrected chi connectivity index (χ1v) is 5.04. The molecular weight excluding hydrogens is 196 g/mol. The van der Waals surface area contributed by atoms with Gasteiger partial charge in [-0.05, 0) is 12.3 Å². The summed E-state index contributed by atoms with van der Waals surface area (Å²) in [6.45, 7) is 2.24. The van der Waals surface area contributed by atoms with Crippen LogP contribution < -0.4 is 0 Å². The quantitative estimate of drug-likeness (QED) is 0.724. The fraction of sp³-hybridized carbons (Fsp3) is 0.700. The minimum atomic E-state index is -0.0449. The van der Waals surface area contributed by atoms with Crippen molar-refractivity contribution in [3.05, 3.63) is 11.7 Å². The van der Waals surface area contributed by atoms with E-state index in [0.29, 0.717) is 17.7 Å². The zero-order valence-corrected chi connectivity index (χ0v) is 8.90. The summed E-state index contributed by atoms with van der Waals surface area (Å²) in [4.78, 5) is 15.4. The third kappa shape index (κ3) is 2.41. The highest BCUT2D eigenvalue weighted by Crippen LogP contribution is 2.45. The van der Waals surface area contributed by atoms with Crippen LogP contribution in [0.5, 0.6) is 0 Å². The maximum absolute atomic E-state index is 11.2. The van der Waals surface area contributed by atoms with Crippen molar-refractivity contribution in [3.8, 4) is 0 Å². The number of nitrogens with zero attached hydrogens (tertiary/aromatic N) is 2. The van der Waals surface area contributed by atoms with Crippen molar-refractivity contribution in [2.24, 2.45) is 5.92 Å². The molecule has 1 fully saturated rings. The fourth-order valence-corrected chi connectivity index (χ4v) is 1.55. The number of hydrogen-bond donors (Lipinski definition) is 0. The topological polar surface area (TPSA) is 65.2 Å². The van der Waals surface area contributed by atoms with Gasteiger partial charge < -0.3 is 9.26 Å². The van der Waals surface area contributed by atoms with E-state index in [0.717, 1.165) is 12.2 Å². The fourth-order valence-electron chi connectivity index (χ4n) is 1.55. The van der Waals surface area contributed by atoms with Crippen LogP contribution in [0.15, 0.2) is 4.52 Å². The van der Waals surface area contributed by atoms with Gasteiger partial charge in [0, 0.05) is 13.0 Å². The maximum atomic E-state index is 11.2. The van der Waals surface area contributed by atoms with Crippen LogP contribution in [0, 0.1) is 5.92 Å². The Morgan fingerprint density at radius 1 is 1.67 bits per heavy atom. The minimum absolute atomic E-state index is 0.0449. The standard InChI is InChI=1S/C10H14N2O3/c1-6-3-8(6)10-11-9(15-12-10)4-7(13)5-14-2/h6,8H,3-5H2,1-2H3. The van der Waals surface area contributed by atoms with Crippen molar-refractivity contribution < 1.29 is 14.1 Å². The van der Waals surface area contributed by atoms with Crippen LogP contribution in [0.3, 0.4) is 0 Å². The van der Waals surface area contributed by atoms with Gasteiger partial charge in [-0.1, -0.05) is 12.1 Å². The zero-order valence-electron chi connectivity index (χ0n) is 8.90. The van der Waals surface area contributed by atoms with Crippen LogP contribution in [0.25, 0.3) is 0 Å². The van der Waals surface area contributed by atoms with E-state index >= 15 is 0 Å². The highest BCUT2D eigenvalue weighted by molar-refractivity contribution is 5.81. The molecule has 2 atom stereocenters. The molecule has 1 aliphatic carbocycles. The lowest BCUT2D eigenvalue weighted by molar-refractivity contribution is -0.122. The molecule has 0 aromatic carbocycles. The SMILES string of the molecule is COCC(=O)Cc1nc(C2CC2C)no1. The van der Waals surface area contributed by atoms with Crippen LogP contribution in [0.2, 0.25) is 0 Å². The summed E-state index contributed by atoms with van der Waals surface area (Å²) >= 11 is 0. The smallest absolute Gasteiger partial charge is 0.234 e. The molecule has 0 bridgehead atoms. The Bertz CT molecular complexity index is 361. The molecule has 2 rings (SSSR count). The molecular formula is C10H14N2O3. The first-order chi connectivity index (χ1) is 7.20. The number of Topliss-reactive ketones (excluding diaryl/α,β-unsaturated/α-hetero) is 1. The summed E-state index contributed by atoms with van der Waals surface area (Å²) in [6, 6.07) is 0. The molecule has 0 amide bonds. The first-order valence-electron chi connectivity index (χ1n) is 5.04. The van der Waals surface area contributed by atoms with E-state index < -0.39 is 0 Å². The lowest BCUT2D eigenvalue weighted by atomic mass is 10.3. The molecule has 1 heterocycles. The van der Waals surface area contributed by atoms with E-state index in [1.807, 2.05) is 0 Å². The normalized spacial score (nSPS) is 24.1. The molecule has 15 heavy (non-hydrogen) atoms. The van der Waals surface area contributed by atoms with Crippen LogP contribution in [-0.2, 0) is 16.0 Å². The van der Waals surface area contributed by atoms with Crippen LogP contribution >= 0.6 is 0 Å². The highest BCUT2D eigenvalue weighted by Gasteiger charge is 2.38. The Kier molecular flexibility index (Phi) is 2.81. The monoisotopic (exact) mass is 210 g/mol. The van der Waals surface area contributed by atoms with Gasteiger partial charge in [0.15, 0.2) is 11.6 Å². The van der Waals surface area contributed by atoms with E-state index in [-0.39, 0.29) is 18.8 Å². The van der Waals surface area contributed by atoms with Gasteiger partial charge in [0.25, 0.3) is 0 Å². The third-order valence-electron chi connectivity index (χ3n) is 2.58. The summed E-state index contributed by atoms with van der Waals surface area (Å²) in [5.41, 5.74) is 0. The summed E-state index contributed by atoms with van der Waals surface area (Å²) in [7, 11) is 1.49. The van der Waals surface area contributed by atoms with Crippen LogP contribution in [-0.4, -0.2) is 29.6 Å². The summed E-state index contributed by atoms with van der Waals surface area (Å²) in [5, 5.41) is 3.86. The highest BCUT2D eigenvalue weighted by atomic mass is 16.5. The number of ether oxygens (including phenoxy) is 1. The largest absolute Gasteiger partial charge is 0.377 e. The van der Waals surface area contributed by atoms with Gasteiger partial charge in [-0.2, -0.15) is 4.98 Å². The van der Waals surface area contributed by atoms with Crippen LogP contribution in [0.1, 0.15) is 31.0 Å². The Morgan fingerprint density at radius 2 is 2.40 bits per heavy atom. The molecule has 1 saturated carbocycles. The van der Waals surface area contributed by atoms with Crippen LogP contribution in [0.4, 0.5) is 0 Å². The molecule has 0 saturated heterocycles. The number of carbonyl (C=O) groups excluding carboxylic acids is 1. The van der Waals surface area contributed by atoms with Gasteiger partial charge >= 0.3 is 0 Å². The predicted molar refractivity (Wildman–Crippen MR) is 51.4 cm³/mol. The van der Waals surface area contributed by atoms with Gasteiger partial charge in [0.05, 0.1) is 6.42 Å². The van der Waals surface area contributed by atoms with Crippen molar-refractivity contribution in [3.63, 3.8) is 0 Å². The number of hydrogen-bond acceptors (Lipinski definition) is 5. The molecule has 0 N–H and O–H groups in total. The molecule has 2 unspecified atom stereocenters. The van der Waals surface area contributed by atoms with E-state index in [1.54, 1.807) is 0 Å². The second kappa shape index (κ2) is 4.10. The Labute approximate surface area is 87.8 Å². The van der Waals surface area contributed by atoms with Crippen molar-refractivity contribution in [1.82, 2.24) is 10.1 Å². The van der Waals surface area contributed by atoms with Gasteiger partial charge in [0.2, 0.25) is 5.89 Å². The predicted octanol–water partition coefficient (Wildman–Crippen LogP) is 0.951. The van der Waals surface area contributed by atoms with E-state index in [1.165, 1.54) is 7.11 Å². The average Bonchev–Trinajstić information content (AvgIpc) is 2.74. The third-order valence-corrected chi connectivity index (χ3v) is 2.58. The summed E-state index contributed by atoms with van der Waals surface area (Å²) in [5.74, 6) is 2.16. The molecule has 1 aromatic rings. The molecule has 0 radical (unpaired) electrons. The lowest BCUT2D eigenvalue weighted by Gasteiger charge is -1.93. The second-order valence-corrected chi connectivity index (χ2v) is 4.01. The van der Waals surface area contributed by atoms with Gasteiger partial charge in [-0.3, -0.25) is 4.79 Å². The van der Waals surface area contributed by atoms with Crippen molar-refractivity contribution in [1.29, 1.82) is 0 Å². The molecule has 5 nitrogen and oxygen atoms in total. The summed E-state index contributed by atoms with van der Waals surface area (Å²) < 4.78 is 9.71. The lowest BCUT2D eigenvalue weighted by Crippen LogP contribution is -2.09. The molecule has 1 aliphatic rings. The van der Waals surface area contributed by atoms with E-state index in [4.69, 9.17) is 9.26 Å². The Morgan fingerprint density at radius 3 is 3.00 bits per heavy atom. The number of carbonyl (C=O) groups is 1. The molecule has 82 valence electrons. The Hall–Kier alpha value is -1.23. The molecule has 0 aliphatic heterocycles. The number of aromatic nitrogens is 2. The first kappa shape index (κ1) is 10.3. The van der Waals surface area contributed by atoms with Crippen molar-refractivity contribution in [2.75, 3.05) is 13.7 Å². The van der Waals surface area contributed by atoms with Crippen molar-refractivity contribution in [2.45, 2.75) is 25.7 Å². The van der Waals surface area contributed by atoms with Gasteiger partial charge in [-0.15, -0.1) is 0 Å². The van der Waals surface area contributed by atoms with E-state index in [9.17, 15) is 4.79 Å². The molecule has 1 aromatic heterocycles. The molecule has 0 spiro atoms. The zero-order chi connectivity index (χ0) is 10.8. The van der Waals surface area contributed by atoms with E-state index in [2.05, 4.69) is 17.1 Å². The molecule has 5 heteroatoms. The minimum Gasteiger partial charge on any atom is -0.377 e. The maximum Gasteiger partial charge on any atom is 0.234 e. The number of rotatable bonds is 5. The summed E-state index contributed by atoms with van der Waals surface area (Å²) in [6.07, 6.45) is 1.28. The van der Waals surface area contributed by atoms with Gasteiger partial charge in [-0.25, -0.2) is 0 Å².